The Morgan fingerprint density at radius 2 is 1.44 bits per heavy atom. The van der Waals surface area contributed by atoms with E-state index in [2.05, 4.69) is 22.5 Å². The lowest BCUT2D eigenvalue weighted by Crippen LogP contribution is -2.18. The van der Waals surface area contributed by atoms with Crippen LogP contribution in [0.1, 0.15) is 33.5 Å². The van der Waals surface area contributed by atoms with E-state index in [0.717, 1.165) is 6.42 Å². The third-order valence-corrected chi connectivity index (χ3v) is 4.15. The van der Waals surface area contributed by atoms with Crippen LogP contribution in [0.2, 0.25) is 5.02 Å². The number of anilines is 2. The van der Waals surface area contributed by atoms with Crippen LogP contribution in [-0.4, -0.2) is 16.8 Å². The SMILES string of the molecule is CCc1ccc(NC(=O)c2cccc(C(=O)Nc3cccc(Cl)c3)n2)cc1. The van der Waals surface area contributed by atoms with E-state index in [9.17, 15) is 9.59 Å². The average molecular weight is 380 g/mol. The number of nitrogens with one attached hydrogen (secondary N) is 2. The van der Waals surface area contributed by atoms with Gasteiger partial charge < -0.3 is 10.6 Å². The zero-order valence-electron chi connectivity index (χ0n) is 14.7. The predicted octanol–water partition coefficient (Wildman–Crippen LogP) is 4.80. The molecule has 2 N–H and O–H groups in total. The van der Waals surface area contributed by atoms with Crippen LogP contribution in [-0.2, 0) is 6.42 Å². The molecule has 136 valence electrons. The minimum Gasteiger partial charge on any atom is -0.321 e. The lowest BCUT2D eigenvalue weighted by Gasteiger charge is -2.08. The molecular weight excluding hydrogens is 362 g/mol. The number of halogens is 1. The summed E-state index contributed by atoms with van der Waals surface area (Å²) >= 11 is 5.92. The molecule has 0 atom stereocenters. The van der Waals surface area contributed by atoms with Crippen molar-refractivity contribution in [3.8, 4) is 0 Å². The number of amides is 2. The van der Waals surface area contributed by atoms with Gasteiger partial charge in [0.1, 0.15) is 11.4 Å². The Hall–Kier alpha value is -3.18. The van der Waals surface area contributed by atoms with Crippen molar-refractivity contribution >= 4 is 34.8 Å². The minimum atomic E-state index is -0.417. The van der Waals surface area contributed by atoms with E-state index in [4.69, 9.17) is 11.6 Å². The third kappa shape index (κ3) is 4.92. The van der Waals surface area contributed by atoms with Gasteiger partial charge >= 0.3 is 0 Å². The molecule has 0 fully saturated rings. The number of aryl methyl sites for hydroxylation is 1. The van der Waals surface area contributed by atoms with Gasteiger partial charge in [-0.15, -0.1) is 0 Å². The summed E-state index contributed by atoms with van der Waals surface area (Å²) in [6.45, 7) is 2.07. The number of rotatable bonds is 5. The van der Waals surface area contributed by atoms with Crippen molar-refractivity contribution in [2.24, 2.45) is 0 Å². The largest absolute Gasteiger partial charge is 0.321 e. The van der Waals surface area contributed by atoms with Crippen LogP contribution in [0.4, 0.5) is 11.4 Å². The highest BCUT2D eigenvalue weighted by Crippen LogP contribution is 2.16. The van der Waals surface area contributed by atoms with Gasteiger partial charge in [-0.05, 0) is 54.4 Å². The average Bonchev–Trinajstić information content (AvgIpc) is 2.68. The van der Waals surface area contributed by atoms with Gasteiger partial charge in [-0.25, -0.2) is 4.98 Å². The summed E-state index contributed by atoms with van der Waals surface area (Å²) in [6, 6.07) is 19.1. The van der Waals surface area contributed by atoms with Crippen molar-refractivity contribution in [3.05, 3.63) is 88.7 Å². The van der Waals surface area contributed by atoms with Gasteiger partial charge in [0, 0.05) is 16.4 Å². The molecule has 0 unspecified atom stereocenters. The number of carbonyl (C=O) groups excluding carboxylic acids is 2. The van der Waals surface area contributed by atoms with Gasteiger partial charge in [-0.2, -0.15) is 0 Å². The Labute approximate surface area is 162 Å². The fourth-order valence-electron chi connectivity index (χ4n) is 2.47. The molecule has 3 rings (SSSR count). The smallest absolute Gasteiger partial charge is 0.274 e. The van der Waals surface area contributed by atoms with Crippen molar-refractivity contribution in [1.29, 1.82) is 0 Å². The molecular formula is C21H18ClN3O2. The van der Waals surface area contributed by atoms with Gasteiger partial charge in [-0.3, -0.25) is 9.59 Å². The molecule has 0 aliphatic heterocycles. The fraction of sp³-hybridized carbons (Fsp3) is 0.0952. The summed E-state index contributed by atoms with van der Waals surface area (Å²) in [4.78, 5) is 29.0. The van der Waals surface area contributed by atoms with Gasteiger partial charge in [0.15, 0.2) is 0 Å². The molecule has 2 aromatic carbocycles. The molecule has 6 heteroatoms. The number of benzene rings is 2. The van der Waals surface area contributed by atoms with Gasteiger partial charge in [0.05, 0.1) is 0 Å². The van der Waals surface area contributed by atoms with Crippen molar-refractivity contribution in [1.82, 2.24) is 4.98 Å². The van der Waals surface area contributed by atoms with Crippen LogP contribution in [0, 0.1) is 0 Å². The molecule has 0 spiro atoms. The Morgan fingerprint density at radius 3 is 2.04 bits per heavy atom. The van der Waals surface area contributed by atoms with Crippen LogP contribution in [0.5, 0.6) is 0 Å². The lowest BCUT2D eigenvalue weighted by atomic mass is 10.1. The van der Waals surface area contributed by atoms with E-state index >= 15 is 0 Å². The van der Waals surface area contributed by atoms with Crippen molar-refractivity contribution in [3.63, 3.8) is 0 Å². The first kappa shape index (κ1) is 18.6. The molecule has 0 aliphatic rings. The topological polar surface area (TPSA) is 71.1 Å². The summed E-state index contributed by atoms with van der Waals surface area (Å²) in [5, 5.41) is 6.01. The maximum atomic E-state index is 12.4. The molecule has 0 saturated heterocycles. The molecule has 0 saturated carbocycles. The van der Waals surface area contributed by atoms with E-state index < -0.39 is 5.91 Å². The van der Waals surface area contributed by atoms with Crippen LogP contribution in [0.25, 0.3) is 0 Å². The second kappa shape index (κ2) is 8.47. The van der Waals surface area contributed by atoms with E-state index in [0.29, 0.717) is 16.4 Å². The second-order valence-corrected chi connectivity index (χ2v) is 6.31. The maximum absolute atomic E-state index is 12.4. The Morgan fingerprint density at radius 1 is 0.852 bits per heavy atom. The van der Waals surface area contributed by atoms with Crippen LogP contribution in [0.15, 0.2) is 66.7 Å². The first-order valence-corrected chi connectivity index (χ1v) is 8.87. The van der Waals surface area contributed by atoms with E-state index in [1.165, 1.54) is 5.56 Å². The summed E-state index contributed by atoms with van der Waals surface area (Å²) in [5.74, 6) is -0.795. The molecule has 0 bridgehead atoms. The Kier molecular flexibility index (Phi) is 5.84. The Bertz CT molecular complexity index is 971. The zero-order chi connectivity index (χ0) is 19.2. The molecule has 27 heavy (non-hydrogen) atoms. The van der Waals surface area contributed by atoms with Gasteiger partial charge in [0.2, 0.25) is 0 Å². The zero-order valence-corrected chi connectivity index (χ0v) is 15.5. The molecule has 0 radical (unpaired) electrons. The standard InChI is InChI=1S/C21H18ClN3O2/c1-2-14-9-11-16(12-10-14)23-20(26)18-7-4-8-19(25-18)21(27)24-17-6-3-5-15(22)13-17/h3-13H,2H2,1H3,(H,23,26)(H,24,27). The number of hydrogen-bond donors (Lipinski definition) is 2. The fourth-order valence-corrected chi connectivity index (χ4v) is 2.66. The number of pyridine rings is 1. The van der Waals surface area contributed by atoms with Crippen LogP contribution in [0.3, 0.4) is 0 Å². The van der Waals surface area contributed by atoms with Gasteiger partial charge in [-0.1, -0.05) is 42.8 Å². The van der Waals surface area contributed by atoms with E-state index in [1.807, 2.05) is 24.3 Å². The quantitative estimate of drug-likeness (QED) is 0.668. The molecule has 1 heterocycles. The van der Waals surface area contributed by atoms with Crippen molar-refractivity contribution in [2.75, 3.05) is 10.6 Å². The lowest BCUT2D eigenvalue weighted by molar-refractivity contribution is 0.101. The summed E-state index contributed by atoms with van der Waals surface area (Å²) in [5.41, 5.74) is 2.72. The number of carbonyl (C=O) groups is 2. The first-order chi connectivity index (χ1) is 13.0. The maximum Gasteiger partial charge on any atom is 0.274 e. The second-order valence-electron chi connectivity index (χ2n) is 5.88. The minimum absolute atomic E-state index is 0.143. The van der Waals surface area contributed by atoms with Crippen LogP contribution >= 0.6 is 11.6 Å². The number of hydrogen-bond acceptors (Lipinski definition) is 3. The first-order valence-electron chi connectivity index (χ1n) is 8.49. The molecule has 1 aromatic heterocycles. The monoisotopic (exact) mass is 379 g/mol. The summed E-state index contributed by atoms with van der Waals surface area (Å²) in [7, 11) is 0. The van der Waals surface area contributed by atoms with E-state index in [-0.39, 0.29) is 17.3 Å². The molecule has 5 nitrogen and oxygen atoms in total. The van der Waals surface area contributed by atoms with Crippen LogP contribution < -0.4 is 10.6 Å². The summed E-state index contributed by atoms with van der Waals surface area (Å²) < 4.78 is 0. The third-order valence-electron chi connectivity index (χ3n) is 3.92. The number of nitrogens with zero attached hydrogens (tertiary/aromatic N) is 1. The highest BCUT2D eigenvalue weighted by Gasteiger charge is 2.13. The molecule has 2 amide bonds. The number of aromatic nitrogens is 1. The molecule has 3 aromatic rings. The predicted molar refractivity (Wildman–Crippen MR) is 107 cm³/mol. The van der Waals surface area contributed by atoms with Crippen molar-refractivity contribution in [2.45, 2.75) is 13.3 Å². The van der Waals surface area contributed by atoms with Crippen molar-refractivity contribution < 1.29 is 9.59 Å². The molecule has 0 aliphatic carbocycles. The highest BCUT2D eigenvalue weighted by atomic mass is 35.5. The Balaban J connectivity index is 1.71. The summed E-state index contributed by atoms with van der Waals surface area (Å²) in [6.07, 6.45) is 0.930. The van der Waals surface area contributed by atoms with Gasteiger partial charge in [0.25, 0.3) is 11.8 Å². The normalized spacial score (nSPS) is 10.3. The van der Waals surface area contributed by atoms with E-state index in [1.54, 1.807) is 42.5 Å². The highest BCUT2D eigenvalue weighted by molar-refractivity contribution is 6.31.